The van der Waals surface area contributed by atoms with E-state index in [0.29, 0.717) is 18.7 Å². The highest BCUT2D eigenvalue weighted by Gasteiger charge is 2.32. The van der Waals surface area contributed by atoms with E-state index in [0.717, 1.165) is 12.8 Å². The number of halogens is 1. The van der Waals surface area contributed by atoms with E-state index in [1.54, 1.807) is 0 Å². The Kier molecular flexibility index (Phi) is 4.00. The normalized spacial score (nSPS) is 21.9. The molecule has 1 aliphatic carbocycles. The molecule has 0 heterocycles. The minimum absolute atomic E-state index is 0.0640. The Balaban J connectivity index is 2.03. The number of hydrogen-bond acceptors (Lipinski definition) is 3. The van der Waals surface area contributed by atoms with Gasteiger partial charge in [0.2, 0.25) is 0 Å². The van der Waals surface area contributed by atoms with Crippen LogP contribution in [0.2, 0.25) is 0 Å². The monoisotopic (exact) mass is 262 g/mol. The summed E-state index contributed by atoms with van der Waals surface area (Å²) < 4.78 is 13.0. The maximum absolute atomic E-state index is 13.0. The van der Waals surface area contributed by atoms with Crippen LogP contribution in [0.3, 0.4) is 0 Å². The van der Waals surface area contributed by atoms with Gasteiger partial charge in [-0.1, -0.05) is 6.42 Å². The van der Waals surface area contributed by atoms with Crippen molar-refractivity contribution >= 4 is 11.7 Å². The zero-order chi connectivity index (χ0) is 13.8. The third kappa shape index (κ3) is 3.02. The number of carbonyl (C=O) groups is 1. The van der Waals surface area contributed by atoms with E-state index >= 15 is 0 Å². The summed E-state index contributed by atoms with van der Waals surface area (Å²) in [6.45, 7) is 0.497. The van der Waals surface area contributed by atoms with E-state index in [2.05, 4.69) is 5.32 Å². The second-order valence-corrected chi connectivity index (χ2v) is 4.82. The Morgan fingerprint density at radius 2 is 2.32 bits per heavy atom. The lowest BCUT2D eigenvalue weighted by Crippen LogP contribution is -2.24. The van der Waals surface area contributed by atoms with Gasteiger partial charge >= 0.3 is 5.97 Å². The fourth-order valence-electron chi connectivity index (χ4n) is 2.61. The topological polar surface area (TPSA) is 73.1 Å². The van der Waals surface area contributed by atoms with Crippen LogP contribution < -0.4 is 5.32 Å². The summed E-state index contributed by atoms with van der Waals surface area (Å²) in [4.78, 5) is 11.1. The summed E-state index contributed by atoms with van der Waals surface area (Å²) in [6.07, 6.45) is 2.49. The lowest BCUT2D eigenvalue weighted by Gasteiger charge is -2.17. The molecular formula is C14H15FN2O2. The molecule has 100 valence electrons. The fourth-order valence-corrected chi connectivity index (χ4v) is 2.61. The minimum atomic E-state index is -0.760. The summed E-state index contributed by atoms with van der Waals surface area (Å²) in [6, 6.07) is 5.90. The molecule has 1 aliphatic rings. The summed E-state index contributed by atoms with van der Waals surface area (Å²) in [7, 11) is 0. The Morgan fingerprint density at radius 3 is 3.00 bits per heavy atom. The SMILES string of the molecule is N#Cc1cc(F)ccc1NCC1CCCC1C(=O)O. The van der Waals surface area contributed by atoms with Crippen molar-refractivity contribution in [3.63, 3.8) is 0 Å². The van der Waals surface area contributed by atoms with Crippen LogP contribution in [-0.2, 0) is 4.79 Å². The first kappa shape index (κ1) is 13.3. The Bertz CT molecular complexity index is 525. The predicted octanol–water partition coefficient (Wildman–Crippen LogP) is 2.61. The van der Waals surface area contributed by atoms with Crippen LogP contribution in [0.5, 0.6) is 0 Å². The van der Waals surface area contributed by atoms with Crippen molar-refractivity contribution in [1.82, 2.24) is 0 Å². The van der Waals surface area contributed by atoms with Gasteiger partial charge in [-0.3, -0.25) is 4.79 Å². The Hall–Kier alpha value is -2.09. The number of nitrogens with one attached hydrogen (secondary N) is 1. The molecule has 2 rings (SSSR count). The second kappa shape index (κ2) is 5.70. The van der Waals surface area contributed by atoms with Crippen LogP contribution >= 0.6 is 0 Å². The zero-order valence-corrected chi connectivity index (χ0v) is 10.4. The van der Waals surface area contributed by atoms with Crippen molar-refractivity contribution in [3.8, 4) is 6.07 Å². The number of nitriles is 1. The number of hydrogen-bond donors (Lipinski definition) is 2. The number of carboxylic acids is 1. The maximum Gasteiger partial charge on any atom is 0.306 e. The lowest BCUT2D eigenvalue weighted by molar-refractivity contribution is -0.142. The third-order valence-corrected chi connectivity index (χ3v) is 3.63. The van der Waals surface area contributed by atoms with E-state index in [9.17, 15) is 9.18 Å². The van der Waals surface area contributed by atoms with E-state index in [1.807, 2.05) is 6.07 Å². The summed E-state index contributed by atoms with van der Waals surface area (Å²) in [5.74, 6) is -1.47. The smallest absolute Gasteiger partial charge is 0.306 e. The lowest BCUT2D eigenvalue weighted by atomic mass is 9.96. The number of rotatable bonds is 4. The molecule has 0 radical (unpaired) electrons. The van der Waals surface area contributed by atoms with Gasteiger partial charge in [0.15, 0.2) is 0 Å². The molecule has 1 fully saturated rings. The van der Waals surface area contributed by atoms with E-state index in [4.69, 9.17) is 10.4 Å². The highest BCUT2D eigenvalue weighted by atomic mass is 19.1. The molecule has 4 nitrogen and oxygen atoms in total. The molecule has 2 N–H and O–H groups in total. The molecule has 1 saturated carbocycles. The molecule has 19 heavy (non-hydrogen) atoms. The van der Waals surface area contributed by atoms with Gasteiger partial charge in [0.25, 0.3) is 0 Å². The van der Waals surface area contributed by atoms with Crippen LogP contribution in [0.4, 0.5) is 10.1 Å². The number of benzene rings is 1. The average molecular weight is 262 g/mol. The van der Waals surface area contributed by atoms with Crippen molar-refractivity contribution in [2.45, 2.75) is 19.3 Å². The molecule has 0 aromatic heterocycles. The van der Waals surface area contributed by atoms with Gasteiger partial charge in [0.05, 0.1) is 17.2 Å². The van der Waals surface area contributed by atoms with Gasteiger partial charge in [0.1, 0.15) is 11.9 Å². The van der Waals surface area contributed by atoms with E-state index in [-0.39, 0.29) is 17.4 Å². The molecule has 0 spiro atoms. The summed E-state index contributed by atoms with van der Waals surface area (Å²) >= 11 is 0. The van der Waals surface area contributed by atoms with Crippen LogP contribution in [0.25, 0.3) is 0 Å². The summed E-state index contributed by atoms with van der Waals surface area (Å²) in [5.41, 5.74) is 0.796. The van der Waals surface area contributed by atoms with Crippen LogP contribution in [0, 0.1) is 29.0 Å². The summed E-state index contributed by atoms with van der Waals surface area (Å²) in [5, 5.41) is 21.1. The predicted molar refractivity (Wildman–Crippen MR) is 68.1 cm³/mol. The van der Waals surface area contributed by atoms with Crippen LogP contribution in [0.15, 0.2) is 18.2 Å². The van der Waals surface area contributed by atoms with E-state index in [1.165, 1.54) is 18.2 Å². The molecule has 5 heteroatoms. The van der Waals surface area contributed by atoms with Crippen molar-refractivity contribution in [2.75, 3.05) is 11.9 Å². The Labute approximate surface area is 110 Å². The minimum Gasteiger partial charge on any atom is -0.481 e. The largest absolute Gasteiger partial charge is 0.481 e. The van der Waals surface area contributed by atoms with Gasteiger partial charge in [-0.2, -0.15) is 5.26 Å². The number of aliphatic carboxylic acids is 1. The molecular weight excluding hydrogens is 247 g/mol. The van der Waals surface area contributed by atoms with Gasteiger partial charge < -0.3 is 10.4 Å². The van der Waals surface area contributed by atoms with Crippen LogP contribution in [0.1, 0.15) is 24.8 Å². The first-order valence-electron chi connectivity index (χ1n) is 6.28. The first-order valence-corrected chi connectivity index (χ1v) is 6.28. The molecule has 1 aromatic rings. The third-order valence-electron chi connectivity index (χ3n) is 3.63. The molecule has 0 aliphatic heterocycles. The highest BCUT2D eigenvalue weighted by Crippen LogP contribution is 2.32. The first-order chi connectivity index (χ1) is 9.11. The quantitative estimate of drug-likeness (QED) is 0.874. The second-order valence-electron chi connectivity index (χ2n) is 4.82. The van der Waals surface area contributed by atoms with Crippen LogP contribution in [-0.4, -0.2) is 17.6 Å². The average Bonchev–Trinajstić information content (AvgIpc) is 2.85. The number of carboxylic acid groups (broad SMARTS) is 1. The molecule has 0 amide bonds. The molecule has 2 unspecified atom stereocenters. The standard InChI is InChI=1S/C14H15FN2O2/c15-11-4-5-13(10(6-11)7-16)17-8-9-2-1-3-12(9)14(18)19/h4-6,9,12,17H,1-3,8H2,(H,18,19). The fraction of sp³-hybridized carbons (Fsp3) is 0.429. The van der Waals surface area contributed by atoms with Gasteiger partial charge in [-0.15, -0.1) is 0 Å². The molecule has 0 saturated heterocycles. The zero-order valence-electron chi connectivity index (χ0n) is 10.4. The molecule has 1 aromatic carbocycles. The molecule has 2 atom stereocenters. The molecule has 0 bridgehead atoms. The van der Waals surface area contributed by atoms with Crippen molar-refractivity contribution in [3.05, 3.63) is 29.6 Å². The maximum atomic E-state index is 13.0. The van der Waals surface area contributed by atoms with Crippen molar-refractivity contribution < 1.29 is 14.3 Å². The Morgan fingerprint density at radius 1 is 1.53 bits per heavy atom. The van der Waals surface area contributed by atoms with Gasteiger partial charge in [-0.05, 0) is 37.0 Å². The van der Waals surface area contributed by atoms with Crippen molar-refractivity contribution in [2.24, 2.45) is 11.8 Å². The number of anilines is 1. The van der Waals surface area contributed by atoms with Crippen molar-refractivity contribution in [1.29, 1.82) is 5.26 Å². The van der Waals surface area contributed by atoms with Gasteiger partial charge in [0, 0.05) is 6.54 Å². The number of nitrogens with zero attached hydrogens (tertiary/aromatic N) is 1. The van der Waals surface area contributed by atoms with E-state index < -0.39 is 11.8 Å². The van der Waals surface area contributed by atoms with Gasteiger partial charge in [-0.25, -0.2) is 4.39 Å². The highest BCUT2D eigenvalue weighted by molar-refractivity contribution is 5.71.